The van der Waals surface area contributed by atoms with Gasteiger partial charge in [-0.3, -0.25) is 0 Å². The summed E-state index contributed by atoms with van der Waals surface area (Å²) in [5, 5.41) is 2.91. The zero-order valence-corrected chi connectivity index (χ0v) is 12.8. The highest BCUT2D eigenvalue weighted by Crippen LogP contribution is 2.18. The Morgan fingerprint density at radius 1 is 1.48 bits per heavy atom. The zero-order chi connectivity index (χ0) is 15.1. The third kappa shape index (κ3) is 4.63. The highest BCUT2D eigenvalue weighted by atomic mass is 16.5. The van der Waals surface area contributed by atoms with Crippen molar-refractivity contribution in [2.75, 3.05) is 32.1 Å². The minimum atomic E-state index is -0.0973. The average molecular weight is 292 g/mol. The van der Waals surface area contributed by atoms with Gasteiger partial charge in [-0.15, -0.1) is 0 Å². The third-order valence-corrected chi connectivity index (χ3v) is 3.69. The summed E-state index contributed by atoms with van der Waals surface area (Å²) in [7, 11) is 1.61. The van der Waals surface area contributed by atoms with Crippen molar-refractivity contribution in [2.24, 2.45) is 0 Å². The van der Waals surface area contributed by atoms with Crippen LogP contribution in [0.5, 0.6) is 5.75 Å². The topological polar surface area (TPSA) is 50.8 Å². The number of nitrogens with one attached hydrogen (secondary N) is 1. The highest BCUT2D eigenvalue weighted by Gasteiger charge is 2.20. The molecule has 116 valence electrons. The van der Waals surface area contributed by atoms with Gasteiger partial charge in [-0.25, -0.2) is 4.79 Å². The molecule has 5 nitrogen and oxygen atoms in total. The fraction of sp³-hybridized carbons (Fsp3) is 0.562. The Labute approximate surface area is 126 Å². The van der Waals surface area contributed by atoms with Crippen LogP contribution in [0.2, 0.25) is 0 Å². The number of methoxy groups -OCH3 is 1. The van der Waals surface area contributed by atoms with Crippen LogP contribution in [0.4, 0.5) is 10.5 Å². The maximum Gasteiger partial charge on any atom is 0.321 e. The normalized spacial score (nSPS) is 18.1. The number of carbonyl (C=O) groups excluding carboxylic acids is 1. The number of nitrogens with zero attached hydrogens (tertiary/aromatic N) is 1. The molecular formula is C16H24N2O3. The quantitative estimate of drug-likeness (QED) is 0.907. The molecule has 1 aromatic carbocycles. The Bertz CT molecular complexity index is 459. The van der Waals surface area contributed by atoms with Crippen molar-refractivity contribution in [1.29, 1.82) is 0 Å². The molecule has 1 atom stereocenters. The number of ether oxygens (including phenoxy) is 2. The van der Waals surface area contributed by atoms with Crippen molar-refractivity contribution in [3.05, 3.63) is 24.3 Å². The van der Waals surface area contributed by atoms with Crippen LogP contribution in [0, 0.1) is 0 Å². The van der Waals surface area contributed by atoms with Gasteiger partial charge in [0, 0.05) is 31.5 Å². The standard InChI is InChI=1S/C16H24N2O3/c1-3-18(12-15-8-4-5-10-21-15)16(19)17-13-7-6-9-14(11-13)20-2/h6-7,9,11,15H,3-5,8,10,12H2,1-2H3,(H,17,19)/t15-/m1/s1. The molecule has 1 aromatic rings. The Hall–Kier alpha value is -1.75. The minimum Gasteiger partial charge on any atom is -0.497 e. The van der Waals surface area contributed by atoms with Crippen LogP contribution in [0.15, 0.2) is 24.3 Å². The monoisotopic (exact) mass is 292 g/mol. The summed E-state index contributed by atoms with van der Waals surface area (Å²) in [5.41, 5.74) is 0.738. The van der Waals surface area contributed by atoms with Crippen LogP contribution < -0.4 is 10.1 Å². The fourth-order valence-electron chi connectivity index (χ4n) is 2.46. The zero-order valence-electron chi connectivity index (χ0n) is 12.8. The molecule has 5 heteroatoms. The van der Waals surface area contributed by atoms with Gasteiger partial charge in [-0.1, -0.05) is 6.07 Å². The Morgan fingerprint density at radius 2 is 2.33 bits per heavy atom. The van der Waals surface area contributed by atoms with Gasteiger partial charge in [0.05, 0.1) is 13.2 Å². The number of hydrogen-bond acceptors (Lipinski definition) is 3. The van der Waals surface area contributed by atoms with Gasteiger partial charge in [0.15, 0.2) is 0 Å². The summed E-state index contributed by atoms with van der Waals surface area (Å²) in [6.45, 7) is 4.09. The molecule has 1 saturated heterocycles. The molecule has 0 unspecified atom stereocenters. The molecule has 21 heavy (non-hydrogen) atoms. The molecule has 0 aromatic heterocycles. The SMILES string of the molecule is CCN(C[C@H]1CCCCO1)C(=O)Nc1cccc(OC)c1. The summed E-state index contributed by atoms with van der Waals surface area (Å²) in [4.78, 5) is 14.1. The van der Waals surface area contributed by atoms with E-state index < -0.39 is 0 Å². The second kappa shape index (κ2) is 7.88. The van der Waals surface area contributed by atoms with E-state index in [1.807, 2.05) is 31.2 Å². The van der Waals surface area contributed by atoms with Crippen molar-refractivity contribution in [3.8, 4) is 5.75 Å². The van der Waals surface area contributed by atoms with Crippen LogP contribution >= 0.6 is 0 Å². The maximum absolute atomic E-state index is 12.3. The van der Waals surface area contributed by atoms with Gasteiger partial charge in [-0.2, -0.15) is 0 Å². The molecule has 0 saturated carbocycles. The first kappa shape index (κ1) is 15.6. The summed E-state index contributed by atoms with van der Waals surface area (Å²) < 4.78 is 10.9. The number of amides is 2. The van der Waals surface area contributed by atoms with Gasteiger partial charge < -0.3 is 19.7 Å². The molecule has 2 rings (SSSR count). The van der Waals surface area contributed by atoms with E-state index in [2.05, 4.69) is 5.32 Å². The molecular weight excluding hydrogens is 268 g/mol. The number of carbonyl (C=O) groups is 1. The Balaban J connectivity index is 1.92. The van der Waals surface area contributed by atoms with E-state index in [1.54, 1.807) is 12.0 Å². The molecule has 1 aliphatic heterocycles. The van der Waals surface area contributed by atoms with Crippen LogP contribution in [0.3, 0.4) is 0 Å². The number of urea groups is 1. The first-order chi connectivity index (χ1) is 10.2. The number of hydrogen-bond donors (Lipinski definition) is 1. The Morgan fingerprint density at radius 3 is 3.00 bits per heavy atom. The number of likely N-dealkylation sites (N-methyl/N-ethyl adjacent to an activating group) is 1. The molecule has 1 aliphatic rings. The van der Waals surface area contributed by atoms with Gasteiger partial charge in [-0.05, 0) is 38.3 Å². The largest absolute Gasteiger partial charge is 0.497 e. The second-order valence-electron chi connectivity index (χ2n) is 5.19. The number of benzene rings is 1. The highest BCUT2D eigenvalue weighted by molar-refractivity contribution is 5.89. The van der Waals surface area contributed by atoms with E-state index >= 15 is 0 Å². The number of rotatable bonds is 5. The lowest BCUT2D eigenvalue weighted by Gasteiger charge is -2.29. The lowest BCUT2D eigenvalue weighted by molar-refractivity contribution is 0.00221. The van der Waals surface area contributed by atoms with E-state index in [4.69, 9.17) is 9.47 Å². The van der Waals surface area contributed by atoms with Crippen molar-refractivity contribution < 1.29 is 14.3 Å². The van der Waals surface area contributed by atoms with E-state index in [-0.39, 0.29) is 12.1 Å². The molecule has 2 amide bonds. The Kier molecular flexibility index (Phi) is 5.87. The first-order valence-electron chi connectivity index (χ1n) is 7.54. The van der Waals surface area contributed by atoms with E-state index in [1.165, 1.54) is 6.42 Å². The minimum absolute atomic E-state index is 0.0973. The van der Waals surface area contributed by atoms with E-state index in [9.17, 15) is 4.79 Å². The smallest absolute Gasteiger partial charge is 0.321 e. The predicted octanol–water partition coefficient (Wildman–Crippen LogP) is 3.12. The van der Waals surface area contributed by atoms with E-state index in [0.717, 1.165) is 30.9 Å². The first-order valence-corrected chi connectivity index (χ1v) is 7.54. The maximum atomic E-state index is 12.3. The predicted molar refractivity (Wildman–Crippen MR) is 82.9 cm³/mol. The van der Waals surface area contributed by atoms with Gasteiger partial charge in [0.2, 0.25) is 0 Å². The molecule has 0 radical (unpaired) electrons. The summed E-state index contributed by atoms with van der Waals surface area (Å²) in [6, 6.07) is 7.27. The van der Waals surface area contributed by atoms with Crippen LogP contribution in [-0.4, -0.2) is 43.8 Å². The number of anilines is 1. The van der Waals surface area contributed by atoms with Crippen LogP contribution in [-0.2, 0) is 4.74 Å². The molecule has 1 fully saturated rings. The van der Waals surface area contributed by atoms with Gasteiger partial charge >= 0.3 is 6.03 Å². The average Bonchev–Trinajstić information content (AvgIpc) is 2.53. The van der Waals surface area contributed by atoms with Crippen molar-refractivity contribution in [1.82, 2.24) is 4.90 Å². The van der Waals surface area contributed by atoms with E-state index in [0.29, 0.717) is 13.1 Å². The summed E-state index contributed by atoms with van der Waals surface area (Å²) in [5.74, 6) is 0.728. The molecule has 0 bridgehead atoms. The van der Waals surface area contributed by atoms with Crippen molar-refractivity contribution >= 4 is 11.7 Å². The summed E-state index contributed by atoms with van der Waals surface area (Å²) in [6.07, 6.45) is 3.50. The van der Waals surface area contributed by atoms with Crippen molar-refractivity contribution in [3.63, 3.8) is 0 Å². The van der Waals surface area contributed by atoms with Gasteiger partial charge in [0.1, 0.15) is 5.75 Å². The van der Waals surface area contributed by atoms with Crippen molar-refractivity contribution in [2.45, 2.75) is 32.3 Å². The fourth-order valence-corrected chi connectivity index (χ4v) is 2.46. The molecule has 0 spiro atoms. The van der Waals surface area contributed by atoms with Crippen LogP contribution in [0.1, 0.15) is 26.2 Å². The third-order valence-electron chi connectivity index (χ3n) is 3.69. The second-order valence-corrected chi connectivity index (χ2v) is 5.19. The molecule has 1 heterocycles. The van der Waals surface area contributed by atoms with Crippen LogP contribution in [0.25, 0.3) is 0 Å². The molecule has 0 aliphatic carbocycles. The summed E-state index contributed by atoms with van der Waals surface area (Å²) >= 11 is 0. The lowest BCUT2D eigenvalue weighted by atomic mass is 10.1. The van der Waals surface area contributed by atoms with Gasteiger partial charge in [0.25, 0.3) is 0 Å². The molecule has 1 N–H and O–H groups in total. The lowest BCUT2D eigenvalue weighted by Crippen LogP contribution is -2.41.